The van der Waals surface area contributed by atoms with Crippen molar-refractivity contribution in [1.82, 2.24) is 9.88 Å². The monoisotopic (exact) mass is 277 g/mol. The Morgan fingerprint density at radius 2 is 2.45 bits per heavy atom. The number of anilines is 1. The van der Waals surface area contributed by atoms with E-state index < -0.39 is 0 Å². The summed E-state index contributed by atoms with van der Waals surface area (Å²) in [6, 6.07) is 3.58. The van der Waals surface area contributed by atoms with Gasteiger partial charge in [0, 0.05) is 38.0 Å². The van der Waals surface area contributed by atoms with Gasteiger partial charge in [-0.2, -0.15) is 0 Å². The van der Waals surface area contributed by atoms with E-state index in [1.165, 1.54) is 0 Å². The highest BCUT2D eigenvalue weighted by molar-refractivity contribution is 5.95. The van der Waals surface area contributed by atoms with E-state index in [1.54, 1.807) is 12.3 Å². The molecule has 1 aromatic heterocycles. The SMILES string of the molecule is CCCNc1cc(C(=O)N2CCC(CCO)C2)ccn1. The van der Waals surface area contributed by atoms with E-state index in [-0.39, 0.29) is 12.5 Å². The standard InChI is InChI=1S/C15H23N3O2/c1-2-6-16-14-10-13(3-7-17-14)15(20)18-8-4-12(11-18)5-9-19/h3,7,10,12,19H,2,4-6,8-9,11H2,1H3,(H,16,17). The molecule has 0 bridgehead atoms. The molecule has 1 amide bonds. The van der Waals surface area contributed by atoms with Gasteiger partial charge in [-0.1, -0.05) is 6.92 Å². The zero-order chi connectivity index (χ0) is 14.4. The lowest BCUT2D eigenvalue weighted by atomic mass is 10.1. The van der Waals surface area contributed by atoms with Crippen molar-refractivity contribution in [1.29, 1.82) is 0 Å². The fraction of sp³-hybridized carbons (Fsp3) is 0.600. The van der Waals surface area contributed by atoms with E-state index in [0.29, 0.717) is 11.5 Å². The van der Waals surface area contributed by atoms with Crippen LogP contribution in [-0.4, -0.2) is 47.1 Å². The minimum absolute atomic E-state index is 0.0624. The quantitative estimate of drug-likeness (QED) is 0.831. The lowest BCUT2D eigenvalue weighted by Gasteiger charge is -2.17. The van der Waals surface area contributed by atoms with Crippen LogP contribution < -0.4 is 5.32 Å². The summed E-state index contributed by atoms with van der Waals surface area (Å²) in [6.45, 7) is 4.68. The molecule has 2 N–H and O–H groups in total. The Hall–Kier alpha value is -1.62. The molecule has 5 nitrogen and oxygen atoms in total. The van der Waals surface area contributed by atoms with Crippen LogP contribution in [0, 0.1) is 5.92 Å². The second kappa shape index (κ2) is 7.24. The molecule has 20 heavy (non-hydrogen) atoms. The van der Waals surface area contributed by atoms with Gasteiger partial charge in [0.05, 0.1) is 0 Å². The van der Waals surface area contributed by atoms with Gasteiger partial charge in [0.2, 0.25) is 0 Å². The number of nitrogens with one attached hydrogen (secondary N) is 1. The van der Waals surface area contributed by atoms with Crippen molar-refractivity contribution in [3.8, 4) is 0 Å². The summed E-state index contributed by atoms with van der Waals surface area (Å²) >= 11 is 0. The van der Waals surface area contributed by atoms with Crippen molar-refractivity contribution in [2.24, 2.45) is 5.92 Å². The zero-order valence-electron chi connectivity index (χ0n) is 12.0. The first-order valence-corrected chi connectivity index (χ1v) is 7.34. The molecule has 1 saturated heterocycles. The van der Waals surface area contributed by atoms with Crippen LogP contribution in [0.1, 0.15) is 36.5 Å². The molecule has 0 saturated carbocycles. The lowest BCUT2D eigenvalue weighted by Crippen LogP contribution is -2.28. The van der Waals surface area contributed by atoms with Crippen molar-refractivity contribution >= 4 is 11.7 Å². The molecule has 2 rings (SSSR count). The van der Waals surface area contributed by atoms with Gasteiger partial charge in [-0.25, -0.2) is 4.98 Å². The Morgan fingerprint density at radius 3 is 3.20 bits per heavy atom. The number of hydrogen-bond acceptors (Lipinski definition) is 4. The van der Waals surface area contributed by atoms with Crippen molar-refractivity contribution < 1.29 is 9.90 Å². The number of pyridine rings is 1. The van der Waals surface area contributed by atoms with Crippen LogP contribution in [0.3, 0.4) is 0 Å². The first-order valence-electron chi connectivity index (χ1n) is 7.34. The Kier molecular flexibility index (Phi) is 5.35. The molecule has 0 spiro atoms. The number of aliphatic hydroxyl groups is 1. The fourth-order valence-electron chi connectivity index (χ4n) is 2.53. The molecule has 1 atom stereocenters. The number of rotatable bonds is 6. The van der Waals surface area contributed by atoms with Crippen LogP contribution in [0.15, 0.2) is 18.3 Å². The third kappa shape index (κ3) is 3.70. The van der Waals surface area contributed by atoms with Crippen LogP contribution in [0.25, 0.3) is 0 Å². The van der Waals surface area contributed by atoms with E-state index in [0.717, 1.165) is 44.7 Å². The number of aliphatic hydroxyl groups excluding tert-OH is 1. The fourth-order valence-corrected chi connectivity index (χ4v) is 2.53. The minimum atomic E-state index is 0.0624. The summed E-state index contributed by atoms with van der Waals surface area (Å²) in [4.78, 5) is 18.5. The van der Waals surface area contributed by atoms with Gasteiger partial charge in [0.1, 0.15) is 5.82 Å². The summed E-state index contributed by atoms with van der Waals surface area (Å²) < 4.78 is 0. The first kappa shape index (κ1) is 14.8. The molecule has 2 heterocycles. The molecule has 1 aromatic rings. The molecule has 1 unspecified atom stereocenters. The van der Waals surface area contributed by atoms with Gasteiger partial charge in [-0.3, -0.25) is 4.79 Å². The maximum atomic E-state index is 12.4. The predicted octanol–water partition coefficient (Wildman–Crippen LogP) is 1.75. The Morgan fingerprint density at radius 1 is 1.60 bits per heavy atom. The van der Waals surface area contributed by atoms with Crippen molar-refractivity contribution in [3.63, 3.8) is 0 Å². The van der Waals surface area contributed by atoms with Gasteiger partial charge in [0.25, 0.3) is 5.91 Å². The van der Waals surface area contributed by atoms with Gasteiger partial charge >= 0.3 is 0 Å². The predicted molar refractivity (Wildman–Crippen MR) is 78.7 cm³/mol. The molecular weight excluding hydrogens is 254 g/mol. The maximum Gasteiger partial charge on any atom is 0.254 e. The van der Waals surface area contributed by atoms with Gasteiger partial charge in [0.15, 0.2) is 0 Å². The topological polar surface area (TPSA) is 65.5 Å². The second-order valence-corrected chi connectivity index (χ2v) is 5.27. The molecule has 1 aliphatic rings. The van der Waals surface area contributed by atoms with E-state index >= 15 is 0 Å². The number of nitrogens with zero attached hydrogens (tertiary/aromatic N) is 2. The van der Waals surface area contributed by atoms with E-state index in [2.05, 4.69) is 17.2 Å². The van der Waals surface area contributed by atoms with Crippen LogP contribution >= 0.6 is 0 Å². The van der Waals surface area contributed by atoms with E-state index in [9.17, 15) is 4.79 Å². The first-order chi connectivity index (χ1) is 9.74. The summed E-state index contributed by atoms with van der Waals surface area (Å²) in [6.07, 6.45) is 4.46. The molecule has 5 heteroatoms. The molecule has 0 radical (unpaired) electrons. The maximum absolute atomic E-state index is 12.4. The van der Waals surface area contributed by atoms with Gasteiger partial charge in [-0.15, -0.1) is 0 Å². The van der Waals surface area contributed by atoms with Crippen LogP contribution in [0.4, 0.5) is 5.82 Å². The number of amides is 1. The molecule has 0 aromatic carbocycles. The molecule has 1 aliphatic heterocycles. The third-order valence-electron chi connectivity index (χ3n) is 3.67. The largest absolute Gasteiger partial charge is 0.396 e. The molecule has 110 valence electrons. The van der Waals surface area contributed by atoms with Crippen molar-refractivity contribution in [2.75, 3.05) is 31.6 Å². The summed E-state index contributed by atoms with van der Waals surface area (Å²) in [7, 11) is 0. The van der Waals surface area contributed by atoms with Crippen molar-refractivity contribution in [2.45, 2.75) is 26.2 Å². The average Bonchev–Trinajstić information content (AvgIpc) is 2.93. The highest BCUT2D eigenvalue weighted by Gasteiger charge is 2.26. The number of carbonyl (C=O) groups is 1. The Balaban J connectivity index is 1.98. The number of carbonyl (C=O) groups excluding carboxylic acids is 1. The normalized spacial score (nSPS) is 18.3. The highest BCUT2D eigenvalue weighted by Crippen LogP contribution is 2.21. The minimum Gasteiger partial charge on any atom is -0.396 e. The van der Waals surface area contributed by atoms with Crippen LogP contribution in [0.5, 0.6) is 0 Å². The number of likely N-dealkylation sites (tertiary alicyclic amines) is 1. The molecular formula is C15H23N3O2. The zero-order valence-corrected chi connectivity index (χ0v) is 12.0. The molecule has 0 aliphatic carbocycles. The number of aromatic nitrogens is 1. The van der Waals surface area contributed by atoms with Gasteiger partial charge < -0.3 is 15.3 Å². The average molecular weight is 277 g/mol. The summed E-state index contributed by atoms with van der Waals surface area (Å²) in [5.74, 6) is 1.25. The van der Waals surface area contributed by atoms with E-state index in [1.807, 2.05) is 11.0 Å². The summed E-state index contributed by atoms with van der Waals surface area (Å²) in [5.41, 5.74) is 0.684. The smallest absolute Gasteiger partial charge is 0.254 e. The van der Waals surface area contributed by atoms with Crippen molar-refractivity contribution in [3.05, 3.63) is 23.9 Å². The Labute approximate surface area is 120 Å². The lowest BCUT2D eigenvalue weighted by molar-refractivity contribution is 0.0784. The van der Waals surface area contributed by atoms with Crippen LogP contribution in [0.2, 0.25) is 0 Å². The summed E-state index contributed by atoms with van der Waals surface area (Å²) in [5, 5.41) is 12.2. The molecule has 1 fully saturated rings. The second-order valence-electron chi connectivity index (χ2n) is 5.27. The third-order valence-corrected chi connectivity index (χ3v) is 3.67. The highest BCUT2D eigenvalue weighted by atomic mass is 16.3. The van der Waals surface area contributed by atoms with E-state index in [4.69, 9.17) is 5.11 Å². The van der Waals surface area contributed by atoms with Crippen LogP contribution in [-0.2, 0) is 0 Å². The Bertz CT molecular complexity index is 450. The number of hydrogen-bond donors (Lipinski definition) is 2. The van der Waals surface area contributed by atoms with Gasteiger partial charge in [-0.05, 0) is 37.3 Å².